The molecule has 11 heteroatoms. The molecule has 0 amide bonds. The first-order valence-corrected chi connectivity index (χ1v) is 12.4. The molecular weight excluding hydrogens is 502 g/mol. The summed E-state index contributed by atoms with van der Waals surface area (Å²) in [6, 6.07) is 17.1. The van der Waals surface area contributed by atoms with Crippen LogP contribution in [0.2, 0.25) is 5.02 Å². The molecule has 0 unspecified atom stereocenters. The van der Waals surface area contributed by atoms with Gasteiger partial charge in [0.2, 0.25) is 5.71 Å². The van der Waals surface area contributed by atoms with E-state index < -0.39 is 11.5 Å². The van der Waals surface area contributed by atoms with Crippen LogP contribution in [0.4, 0.5) is 0 Å². The lowest BCUT2D eigenvalue weighted by Gasteiger charge is -2.10. The number of ether oxygens (including phenoxy) is 1. The first kappa shape index (κ1) is 23.8. The normalized spacial score (nSPS) is 11.2. The Balaban J connectivity index is 1.50. The lowest BCUT2D eigenvalue weighted by molar-refractivity contribution is 0.0526. The maximum absolute atomic E-state index is 12.8. The van der Waals surface area contributed by atoms with Crippen LogP contribution in [-0.4, -0.2) is 37.3 Å². The molecule has 0 aliphatic carbocycles. The van der Waals surface area contributed by atoms with E-state index in [-0.39, 0.29) is 34.8 Å². The molecule has 5 rings (SSSR count). The Morgan fingerprint density at radius 1 is 1.14 bits per heavy atom. The van der Waals surface area contributed by atoms with Crippen LogP contribution in [0.3, 0.4) is 0 Å². The summed E-state index contributed by atoms with van der Waals surface area (Å²) in [6.45, 7) is 3.48. The van der Waals surface area contributed by atoms with Crippen LogP contribution in [0, 0.1) is 6.92 Å². The lowest BCUT2D eigenvalue weighted by atomic mass is 10.2. The van der Waals surface area contributed by atoms with Crippen LogP contribution in [-0.2, 0) is 10.5 Å². The summed E-state index contributed by atoms with van der Waals surface area (Å²) in [6.07, 6.45) is 0. The van der Waals surface area contributed by atoms with Crippen LogP contribution in [0.5, 0.6) is 0 Å². The molecule has 0 fully saturated rings. The summed E-state index contributed by atoms with van der Waals surface area (Å²) < 4.78 is 12.6. The molecule has 0 saturated carbocycles. The number of carbonyl (C=O) groups excluding carboxylic acids is 1. The van der Waals surface area contributed by atoms with E-state index in [4.69, 9.17) is 20.8 Å². The van der Waals surface area contributed by atoms with Crippen molar-refractivity contribution in [2.24, 2.45) is 0 Å². The number of esters is 1. The predicted molar refractivity (Wildman–Crippen MR) is 137 cm³/mol. The van der Waals surface area contributed by atoms with E-state index in [9.17, 15) is 9.59 Å². The zero-order valence-corrected chi connectivity index (χ0v) is 20.9. The van der Waals surface area contributed by atoms with Crippen molar-refractivity contribution in [3.8, 4) is 17.1 Å². The van der Waals surface area contributed by atoms with Crippen LogP contribution in [0.1, 0.15) is 28.9 Å². The number of benzene rings is 2. The number of aromatic amines is 1. The Kier molecular flexibility index (Phi) is 6.62. The highest BCUT2D eigenvalue weighted by Crippen LogP contribution is 2.30. The first-order valence-electron chi connectivity index (χ1n) is 11.0. The van der Waals surface area contributed by atoms with Crippen molar-refractivity contribution in [1.82, 2.24) is 24.7 Å². The van der Waals surface area contributed by atoms with Gasteiger partial charge in [-0.3, -0.25) is 9.36 Å². The Labute approximate surface area is 214 Å². The van der Waals surface area contributed by atoms with Crippen LogP contribution < -0.4 is 5.56 Å². The summed E-state index contributed by atoms with van der Waals surface area (Å²) in [4.78, 5) is 32.3. The van der Waals surface area contributed by atoms with Crippen molar-refractivity contribution in [2.75, 3.05) is 6.61 Å². The molecule has 5 aromatic rings. The van der Waals surface area contributed by atoms with Gasteiger partial charge in [-0.15, -0.1) is 10.2 Å². The quantitative estimate of drug-likeness (QED) is 0.229. The third-order valence-corrected chi connectivity index (χ3v) is 6.55. The Bertz CT molecular complexity index is 1610. The van der Waals surface area contributed by atoms with Gasteiger partial charge >= 0.3 is 5.97 Å². The first-order chi connectivity index (χ1) is 17.5. The number of carbonyl (C=O) groups is 1. The SMILES string of the molecule is CCOC(=O)c1c(C)oc2nc(CSc3nnc(-c4ccccc4)n3-c3ccc(Cl)cc3)[nH]c(=O)c12. The van der Waals surface area contributed by atoms with E-state index in [0.717, 1.165) is 11.3 Å². The van der Waals surface area contributed by atoms with E-state index >= 15 is 0 Å². The molecule has 182 valence electrons. The number of hydrogen-bond acceptors (Lipinski definition) is 8. The van der Waals surface area contributed by atoms with Gasteiger partial charge in [-0.1, -0.05) is 53.7 Å². The molecule has 0 radical (unpaired) electrons. The summed E-state index contributed by atoms with van der Waals surface area (Å²) in [7, 11) is 0. The van der Waals surface area contributed by atoms with Crippen LogP contribution in [0.25, 0.3) is 28.2 Å². The lowest BCUT2D eigenvalue weighted by Crippen LogP contribution is -2.14. The number of rotatable bonds is 7. The van der Waals surface area contributed by atoms with Gasteiger partial charge < -0.3 is 14.1 Å². The molecule has 0 atom stereocenters. The molecule has 0 saturated heterocycles. The summed E-state index contributed by atoms with van der Waals surface area (Å²) in [5.41, 5.74) is 1.44. The van der Waals surface area contributed by atoms with Gasteiger partial charge in [0.15, 0.2) is 11.0 Å². The maximum Gasteiger partial charge on any atom is 0.342 e. The van der Waals surface area contributed by atoms with Crippen molar-refractivity contribution in [2.45, 2.75) is 24.8 Å². The van der Waals surface area contributed by atoms with E-state index in [0.29, 0.717) is 21.8 Å². The second kappa shape index (κ2) is 10.00. The zero-order valence-electron chi connectivity index (χ0n) is 19.3. The summed E-state index contributed by atoms with van der Waals surface area (Å²) >= 11 is 7.45. The highest BCUT2D eigenvalue weighted by molar-refractivity contribution is 7.98. The molecule has 3 heterocycles. The van der Waals surface area contributed by atoms with E-state index in [1.54, 1.807) is 26.0 Å². The topological polar surface area (TPSA) is 116 Å². The Morgan fingerprint density at radius 3 is 2.61 bits per heavy atom. The second-order valence-electron chi connectivity index (χ2n) is 7.72. The summed E-state index contributed by atoms with van der Waals surface area (Å²) in [5.74, 6) is 0.973. The Hall–Kier alpha value is -3.89. The van der Waals surface area contributed by atoms with Crippen molar-refractivity contribution >= 4 is 40.4 Å². The van der Waals surface area contributed by atoms with Crippen molar-refractivity contribution in [3.05, 3.63) is 87.1 Å². The number of thioether (sulfide) groups is 1. The molecular formula is C25H20ClN5O4S. The maximum atomic E-state index is 12.8. The van der Waals surface area contributed by atoms with E-state index in [2.05, 4.69) is 20.2 Å². The molecule has 3 aromatic heterocycles. The molecule has 0 spiro atoms. The molecule has 0 aliphatic rings. The fraction of sp³-hybridized carbons (Fsp3) is 0.160. The number of aromatic nitrogens is 5. The van der Waals surface area contributed by atoms with Gasteiger partial charge in [0.1, 0.15) is 22.5 Å². The van der Waals surface area contributed by atoms with E-state index in [1.807, 2.05) is 47.0 Å². The minimum absolute atomic E-state index is 0.0791. The zero-order chi connectivity index (χ0) is 25.2. The molecule has 0 aliphatic heterocycles. The van der Waals surface area contributed by atoms with Crippen molar-refractivity contribution in [3.63, 3.8) is 0 Å². The van der Waals surface area contributed by atoms with Gasteiger partial charge in [0, 0.05) is 16.3 Å². The molecule has 36 heavy (non-hydrogen) atoms. The molecule has 2 aromatic carbocycles. The number of nitrogens with zero attached hydrogens (tertiary/aromatic N) is 4. The Morgan fingerprint density at radius 2 is 1.89 bits per heavy atom. The third kappa shape index (κ3) is 4.52. The molecule has 0 bridgehead atoms. The van der Waals surface area contributed by atoms with Crippen molar-refractivity contribution < 1.29 is 13.9 Å². The van der Waals surface area contributed by atoms with Gasteiger partial charge in [-0.2, -0.15) is 4.98 Å². The number of fused-ring (bicyclic) bond motifs is 1. The molecule has 9 nitrogen and oxygen atoms in total. The minimum Gasteiger partial charge on any atom is -0.462 e. The fourth-order valence-corrected chi connectivity index (χ4v) is 4.72. The van der Waals surface area contributed by atoms with Gasteiger partial charge in [-0.05, 0) is 38.1 Å². The number of H-pyrrole nitrogens is 1. The minimum atomic E-state index is -0.618. The number of aryl methyl sites for hydroxylation is 1. The second-order valence-corrected chi connectivity index (χ2v) is 9.10. The van der Waals surface area contributed by atoms with Gasteiger partial charge in [0.05, 0.1) is 12.4 Å². The van der Waals surface area contributed by atoms with Crippen molar-refractivity contribution in [1.29, 1.82) is 0 Å². The van der Waals surface area contributed by atoms with Gasteiger partial charge in [0.25, 0.3) is 5.56 Å². The fourth-order valence-electron chi connectivity index (χ4n) is 3.77. The number of hydrogen-bond donors (Lipinski definition) is 1. The predicted octanol–water partition coefficient (Wildman–Crippen LogP) is 5.19. The number of nitrogens with one attached hydrogen (secondary N) is 1. The standard InChI is InChI=1S/C25H20ClN5O4S/c1-3-34-24(33)19-14(2)35-23-20(19)22(32)27-18(28-23)13-36-25-30-29-21(15-7-5-4-6-8-15)31(25)17-11-9-16(26)10-12-17/h4-12H,3,13H2,1-2H3,(H,27,28,32). The van der Waals surface area contributed by atoms with Gasteiger partial charge in [-0.25, -0.2) is 4.79 Å². The molecule has 1 N–H and O–H groups in total. The average Bonchev–Trinajstić information content (AvgIpc) is 3.45. The highest BCUT2D eigenvalue weighted by Gasteiger charge is 2.24. The third-order valence-electron chi connectivity index (χ3n) is 5.35. The monoisotopic (exact) mass is 521 g/mol. The number of furan rings is 1. The largest absolute Gasteiger partial charge is 0.462 e. The summed E-state index contributed by atoms with van der Waals surface area (Å²) in [5, 5.41) is 10.1. The number of halogens is 1. The smallest absolute Gasteiger partial charge is 0.342 e. The van der Waals surface area contributed by atoms with Crippen LogP contribution >= 0.6 is 23.4 Å². The average molecular weight is 522 g/mol. The highest BCUT2D eigenvalue weighted by atomic mass is 35.5. The van der Waals surface area contributed by atoms with Crippen LogP contribution in [0.15, 0.2) is 69.0 Å². The van der Waals surface area contributed by atoms with E-state index in [1.165, 1.54) is 11.8 Å².